The number of amides is 1. The third kappa shape index (κ3) is 5.55. The van der Waals surface area contributed by atoms with Crippen LogP contribution in [0.25, 0.3) is 0 Å². The maximum atomic E-state index is 12.8. The van der Waals surface area contributed by atoms with Crippen LogP contribution in [0.2, 0.25) is 0 Å². The largest absolute Gasteiger partial charge is 0.497 e. The van der Waals surface area contributed by atoms with Crippen molar-refractivity contribution in [2.75, 3.05) is 39.9 Å². The molecule has 0 aliphatic carbocycles. The molecule has 3 aromatic rings. The molecule has 5 nitrogen and oxygen atoms in total. The summed E-state index contributed by atoms with van der Waals surface area (Å²) < 4.78 is 10.9. The Hall–Kier alpha value is -3.31. The zero-order valence-electron chi connectivity index (χ0n) is 19.7. The number of hydrogen-bond donors (Lipinski definition) is 0. The monoisotopic (exact) mass is 444 g/mol. The Morgan fingerprint density at radius 1 is 0.879 bits per heavy atom. The summed E-state index contributed by atoms with van der Waals surface area (Å²) >= 11 is 0. The van der Waals surface area contributed by atoms with Gasteiger partial charge in [-0.2, -0.15) is 0 Å². The Morgan fingerprint density at radius 3 is 2.21 bits per heavy atom. The molecule has 172 valence electrons. The van der Waals surface area contributed by atoms with Gasteiger partial charge in [0.15, 0.2) is 6.61 Å². The van der Waals surface area contributed by atoms with Gasteiger partial charge in [-0.1, -0.05) is 54.1 Å². The van der Waals surface area contributed by atoms with Crippen molar-refractivity contribution in [1.82, 2.24) is 9.80 Å². The molecule has 0 radical (unpaired) electrons. The maximum Gasteiger partial charge on any atom is 0.260 e. The van der Waals surface area contributed by atoms with Crippen LogP contribution in [0.15, 0.2) is 72.8 Å². The smallest absolute Gasteiger partial charge is 0.260 e. The third-order valence-electron chi connectivity index (χ3n) is 6.30. The number of carbonyl (C=O) groups is 1. The zero-order chi connectivity index (χ0) is 23.2. The number of piperazine rings is 1. The van der Waals surface area contributed by atoms with E-state index >= 15 is 0 Å². The van der Waals surface area contributed by atoms with E-state index < -0.39 is 0 Å². The van der Waals surface area contributed by atoms with E-state index in [0.717, 1.165) is 18.8 Å². The van der Waals surface area contributed by atoms with Gasteiger partial charge in [-0.3, -0.25) is 9.69 Å². The first-order chi connectivity index (χ1) is 16.0. The molecule has 3 aromatic carbocycles. The molecule has 1 saturated heterocycles. The van der Waals surface area contributed by atoms with Gasteiger partial charge in [-0.15, -0.1) is 0 Å². The molecule has 1 fully saturated rings. The number of aryl methyl sites for hydroxylation is 2. The van der Waals surface area contributed by atoms with Crippen molar-refractivity contribution in [2.45, 2.75) is 19.9 Å². The van der Waals surface area contributed by atoms with Gasteiger partial charge < -0.3 is 14.4 Å². The number of hydrogen-bond acceptors (Lipinski definition) is 4. The lowest BCUT2D eigenvalue weighted by atomic mass is 9.92. The summed E-state index contributed by atoms with van der Waals surface area (Å²) in [5, 5.41) is 0. The minimum Gasteiger partial charge on any atom is -0.497 e. The minimum absolute atomic E-state index is 0.0217. The van der Waals surface area contributed by atoms with Gasteiger partial charge >= 0.3 is 0 Å². The predicted octanol–water partition coefficient (Wildman–Crippen LogP) is 4.62. The Kier molecular flexibility index (Phi) is 7.30. The van der Waals surface area contributed by atoms with Crippen LogP contribution < -0.4 is 9.47 Å². The van der Waals surface area contributed by atoms with Crippen LogP contribution in [0.4, 0.5) is 0 Å². The number of benzene rings is 3. The quantitative estimate of drug-likeness (QED) is 0.533. The Morgan fingerprint density at radius 2 is 1.55 bits per heavy atom. The van der Waals surface area contributed by atoms with Gasteiger partial charge in [0.05, 0.1) is 13.2 Å². The highest BCUT2D eigenvalue weighted by molar-refractivity contribution is 5.77. The summed E-state index contributed by atoms with van der Waals surface area (Å²) in [4.78, 5) is 17.2. The third-order valence-corrected chi connectivity index (χ3v) is 6.30. The first-order valence-corrected chi connectivity index (χ1v) is 11.5. The summed E-state index contributed by atoms with van der Waals surface area (Å²) in [5.41, 5.74) is 5.18. The first-order valence-electron chi connectivity index (χ1n) is 11.5. The van der Waals surface area contributed by atoms with Crippen LogP contribution >= 0.6 is 0 Å². The SMILES string of the molecule is COc1ccc(OCC(=O)N2CCN([C@H](c3ccccc3)c3cc(C)ccc3C)CC2)cc1. The van der Waals surface area contributed by atoms with Crippen molar-refractivity contribution in [3.8, 4) is 11.5 Å². The first kappa shape index (κ1) is 22.9. The minimum atomic E-state index is 0.0217. The molecule has 0 saturated carbocycles. The number of methoxy groups -OCH3 is 1. The van der Waals surface area contributed by atoms with Gasteiger partial charge in [-0.25, -0.2) is 0 Å². The standard InChI is InChI=1S/C28H32N2O3/c1-21-9-10-22(2)26(19-21)28(23-7-5-4-6-8-23)30-17-15-29(16-18-30)27(31)20-33-25-13-11-24(32-3)12-14-25/h4-14,19,28H,15-18,20H2,1-3H3/t28-/m1/s1. The predicted molar refractivity (Wildman–Crippen MR) is 131 cm³/mol. The molecule has 0 unspecified atom stereocenters. The van der Waals surface area contributed by atoms with E-state index in [1.807, 2.05) is 29.2 Å². The number of rotatable bonds is 7. The molecule has 0 N–H and O–H groups in total. The van der Waals surface area contributed by atoms with Gasteiger partial charge in [0.25, 0.3) is 5.91 Å². The molecule has 1 aliphatic heterocycles. The van der Waals surface area contributed by atoms with Gasteiger partial charge in [0.2, 0.25) is 0 Å². The molecule has 5 heteroatoms. The van der Waals surface area contributed by atoms with Crippen LogP contribution in [0, 0.1) is 13.8 Å². The van der Waals surface area contributed by atoms with Gasteiger partial charge in [-0.05, 0) is 54.8 Å². The summed E-state index contributed by atoms with van der Waals surface area (Å²) in [6.07, 6.45) is 0. The molecule has 33 heavy (non-hydrogen) atoms. The fourth-order valence-corrected chi connectivity index (χ4v) is 4.41. The fourth-order valence-electron chi connectivity index (χ4n) is 4.41. The Bertz CT molecular complexity index is 1060. The molecule has 1 heterocycles. The maximum absolute atomic E-state index is 12.8. The molecule has 4 rings (SSSR count). The van der Waals surface area contributed by atoms with E-state index in [1.54, 1.807) is 7.11 Å². The topological polar surface area (TPSA) is 42.0 Å². The highest BCUT2D eigenvalue weighted by atomic mass is 16.5. The second-order valence-corrected chi connectivity index (χ2v) is 8.55. The molecule has 1 amide bonds. The summed E-state index contributed by atoms with van der Waals surface area (Å²) in [7, 11) is 1.63. The van der Waals surface area contributed by atoms with E-state index in [2.05, 4.69) is 67.3 Å². The lowest BCUT2D eigenvalue weighted by Gasteiger charge is -2.40. The van der Waals surface area contributed by atoms with Crippen LogP contribution in [-0.4, -0.2) is 55.6 Å². The Balaban J connectivity index is 1.41. The van der Waals surface area contributed by atoms with Gasteiger partial charge in [0, 0.05) is 26.2 Å². The van der Waals surface area contributed by atoms with Crippen molar-refractivity contribution in [1.29, 1.82) is 0 Å². The van der Waals surface area contributed by atoms with Crippen LogP contribution in [0.3, 0.4) is 0 Å². The fraction of sp³-hybridized carbons (Fsp3) is 0.321. The summed E-state index contributed by atoms with van der Waals surface area (Å²) in [6, 6.07) is 24.8. The molecule has 1 aliphatic rings. The summed E-state index contributed by atoms with van der Waals surface area (Å²) in [6.45, 7) is 7.40. The number of ether oxygens (including phenoxy) is 2. The normalized spacial score (nSPS) is 15.2. The second kappa shape index (κ2) is 10.5. The van der Waals surface area contributed by atoms with E-state index in [0.29, 0.717) is 18.8 Å². The molecular weight excluding hydrogens is 412 g/mol. The van der Waals surface area contributed by atoms with Crippen molar-refractivity contribution >= 4 is 5.91 Å². The molecule has 0 bridgehead atoms. The van der Waals surface area contributed by atoms with E-state index in [9.17, 15) is 4.79 Å². The molecular formula is C28H32N2O3. The number of carbonyl (C=O) groups excluding carboxylic acids is 1. The highest BCUT2D eigenvalue weighted by Crippen LogP contribution is 2.32. The van der Waals surface area contributed by atoms with Crippen molar-refractivity contribution in [3.63, 3.8) is 0 Å². The number of nitrogens with zero attached hydrogens (tertiary/aromatic N) is 2. The van der Waals surface area contributed by atoms with E-state index in [1.165, 1.54) is 22.3 Å². The lowest BCUT2D eigenvalue weighted by molar-refractivity contribution is -0.135. The zero-order valence-corrected chi connectivity index (χ0v) is 19.7. The lowest BCUT2D eigenvalue weighted by Crippen LogP contribution is -2.51. The van der Waals surface area contributed by atoms with Gasteiger partial charge in [0.1, 0.15) is 11.5 Å². The van der Waals surface area contributed by atoms with Crippen LogP contribution in [0.5, 0.6) is 11.5 Å². The van der Waals surface area contributed by atoms with Crippen molar-refractivity contribution in [3.05, 3.63) is 95.1 Å². The molecule has 0 spiro atoms. The van der Waals surface area contributed by atoms with Crippen LogP contribution in [-0.2, 0) is 4.79 Å². The van der Waals surface area contributed by atoms with Crippen LogP contribution in [0.1, 0.15) is 28.3 Å². The molecule has 1 atom stereocenters. The average Bonchev–Trinajstić information content (AvgIpc) is 2.86. The summed E-state index contributed by atoms with van der Waals surface area (Å²) in [5.74, 6) is 1.46. The second-order valence-electron chi connectivity index (χ2n) is 8.55. The van der Waals surface area contributed by atoms with Crippen molar-refractivity contribution < 1.29 is 14.3 Å². The highest BCUT2D eigenvalue weighted by Gasteiger charge is 2.29. The average molecular weight is 445 g/mol. The van der Waals surface area contributed by atoms with E-state index in [-0.39, 0.29) is 18.6 Å². The van der Waals surface area contributed by atoms with E-state index in [4.69, 9.17) is 9.47 Å². The van der Waals surface area contributed by atoms with Crippen molar-refractivity contribution in [2.24, 2.45) is 0 Å². The molecule has 0 aromatic heterocycles. The Labute approximate surface area is 196 Å².